The summed E-state index contributed by atoms with van der Waals surface area (Å²) in [6.45, 7) is 6.14. The molecule has 2 unspecified atom stereocenters. The third kappa shape index (κ3) is 7.80. The Bertz CT molecular complexity index is 1930. The first-order valence-corrected chi connectivity index (χ1v) is 17.8. The molecule has 4 heterocycles. The van der Waals surface area contributed by atoms with Gasteiger partial charge in [-0.1, -0.05) is 19.8 Å². The highest BCUT2D eigenvalue weighted by atomic mass is 19.1. The van der Waals surface area contributed by atoms with E-state index in [0.717, 1.165) is 37.9 Å². The van der Waals surface area contributed by atoms with Crippen molar-refractivity contribution in [3.63, 3.8) is 0 Å². The Morgan fingerprint density at radius 1 is 0.941 bits per heavy atom. The molecule has 1 saturated carbocycles. The Labute approximate surface area is 295 Å². The maximum atomic E-state index is 15.1. The number of nitrogens with one attached hydrogen (secondary N) is 2. The van der Waals surface area contributed by atoms with Crippen LogP contribution in [0.1, 0.15) is 55.8 Å². The number of likely N-dealkylation sites (tertiary alicyclic amines) is 2. The number of piperidine rings is 1. The van der Waals surface area contributed by atoms with Crippen molar-refractivity contribution in [3.05, 3.63) is 107 Å². The Kier molecular flexibility index (Phi) is 10.1. The summed E-state index contributed by atoms with van der Waals surface area (Å²) in [4.78, 5) is 48.0. The van der Waals surface area contributed by atoms with Crippen LogP contribution < -0.4 is 20.9 Å². The van der Waals surface area contributed by atoms with Crippen LogP contribution in [0.2, 0.25) is 0 Å². The fourth-order valence-electron chi connectivity index (χ4n) is 7.94. The number of rotatable bonds is 9. The number of fused-ring (bicyclic) bond motifs is 1. The standard InChI is InChI=1S/C39H42F2N6O4/c1-2-4-25-13-17-45(18-14-25)31-19-26-23-46(24-27(26)20-31)39(50)44-36-22-32(12-15-42-36)51-35-11-8-29(21-34(35)41)43-37(48)33-5-3-16-47(38(33)49)30-9-6-28(40)7-10-30/h3,5-12,15-16,21-22,25-27,31H,2,4,13-14,17-20,23-24H2,1H3,(H,43,48)(H,42,44,50). The van der Waals surface area contributed by atoms with E-state index in [1.807, 2.05) is 4.90 Å². The number of carbonyl (C=O) groups excluding carboxylic acids is 2. The maximum absolute atomic E-state index is 15.1. The SMILES string of the molecule is CCCC1CCN(C2CC3CN(C(=O)Nc4cc(Oc5ccc(NC(=O)c6cccn(-c7ccc(F)cc7)c6=O)cc5F)ccn4)CC3C2)CC1. The number of amides is 3. The number of aromatic nitrogens is 2. The number of anilines is 2. The van der Waals surface area contributed by atoms with Gasteiger partial charge in [0, 0.05) is 55.0 Å². The maximum Gasteiger partial charge on any atom is 0.323 e. The number of hydrogen-bond acceptors (Lipinski definition) is 6. The molecule has 0 radical (unpaired) electrons. The summed E-state index contributed by atoms with van der Waals surface area (Å²) in [6, 6.07) is 15.6. The lowest BCUT2D eigenvalue weighted by Crippen LogP contribution is -2.41. The van der Waals surface area contributed by atoms with Gasteiger partial charge in [0.05, 0.1) is 0 Å². The van der Waals surface area contributed by atoms with E-state index in [0.29, 0.717) is 29.4 Å². The van der Waals surface area contributed by atoms with E-state index in [1.165, 1.54) is 110 Å². The Morgan fingerprint density at radius 3 is 2.39 bits per heavy atom. The number of benzene rings is 2. The molecule has 2 saturated heterocycles. The minimum absolute atomic E-state index is 0.105. The molecule has 2 atom stereocenters. The van der Waals surface area contributed by atoms with Crippen LogP contribution in [0.15, 0.2) is 83.9 Å². The Morgan fingerprint density at radius 2 is 1.69 bits per heavy atom. The van der Waals surface area contributed by atoms with Gasteiger partial charge >= 0.3 is 6.03 Å². The van der Waals surface area contributed by atoms with E-state index >= 15 is 4.39 Å². The molecule has 51 heavy (non-hydrogen) atoms. The van der Waals surface area contributed by atoms with E-state index in [-0.39, 0.29) is 28.8 Å². The van der Waals surface area contributed by atoms with Gasteiger partial charge in [-0.15, -0.1) is 0 Å². The minimum atomic E-state index is -0.751. The first kappa shape index (κ1) is 34.4. The molecule has 4 aromatic rings. The minimum Gasteiger partial charge on any atom is -0.454 e. The molecule has 7 rings (SSSR count). The van der Waals surface area contributed by atoms with E-state index in [2.05, 4.69) is 27.4 Å². The van der Waals surface area contributed by atoms with Gasteiger partial charge < -0.3 is 19.9 Å². The zero-order valence-electron chi connectivity index (χ0n) is 28.6. The summed E-state index contributed by atoms with van der Waals surface area (Å²) in [5, 5.41) is 5.42. The van der Waals surface area contributed by atoms with Crippen molar-refractivity contribution < 1.29 is 23.1 Å². The van der Waals surface area contributed by atoms with Crippen LogP contribution in [0.4, 0.5) is 25.1 Å². The molecule has 1 aliphatic carbocycles. The predicted molar refractivity (Wildman–Crippen MR) is 190 cm³/mol. The van der Waals surface area contributed by atoms with Crippen molar-refractivity contribution in [1.29, 1.82) is 0 Å². The molecule has 266 valence electrons. The molecular weight excluding hydrogens is 654 g/mol. The molecule has 12 heteroatoms. The highest BCUT2D eigenvalue weighted by Crippen LogP contribution is 2.41. The van der Waals surface area contributed by atoms with Crippen LogP contribution in [-0.2, 0) is 0 Å². The number of carbonyl (C=O) groups is 2. The summed E-state index contributed by atoms with van der Waals surface area (Å²) in [5.74, 6) is 0.427. The molecule has 2 aromatic carbocycles. The van der Waals surface area contributed by atoms with Gasteiger partial charge in [-0.2, -0.15) is 0 Å². The van der Waals surface area contributed by atoms with Crippen LogP contribution in [0, 0.1) is 29.4 Å². The molecule has 3 fully saturated rings. The van der Waals surface area contributed by atoms with Crippen LogP contribution in [0.25, 0.3) is 5.69 Å². The number of hydrogen-bond donors (Lipinski definition) is 2. The number of nitrogens with zero attached hydrogens (tertiary/aromatic N) is 4. The van der Waals surface area contributed by atoms with Gasteiger partial charge in [-0.25, -0.2) is 18.6 Å². The molecule has 3 amide bonds. The first-order chi connectivity index (χ1) is 24.7. The summed E-state index contributed by atoms with van der Waals surface area (Å²) >= 11 is 0. The van der Waals surface area contributed by atoms with Gasteiger partial charge in [-0.05, 0) is 111 Å². The van der Waals surface area contributed by atoms with Crippen LogP contribution >= 0.6 is 0 Å². The molecule has 0 spiro atoms. The largest absolute Gasteiger partial charge is 0.454 e. The molecule has 2 aliphatic heterocycles. The van der Waals surface area contributed by atoms with Crippen LogP contribution in [0.3, 0.4) is 0 Å². The zero-order chi connectivity index (χ0) is 35.5. The van der Waals surface area contributed by atoms with Gasteiger partial charge in [0.2, 0.25) is 0 Å². The van der Waals surface area contributed by atoms with Crippen molar-refractivity contribution in [1.82, 2.24) is 19.4 Å². The molecule has 10 nitrogen and oxygen atoms in total. The van der Waals surface area contributed by atoms with E-state index in [1.54, 1.807) is 6.07 Å². The summed E-state index contributed by atoms with van der Waals surface area (Å²) in [7, 11) is 0. The quantitative estimate of drug-likeness (QED) is 0.190. The van der Waals surface area contributed by atoms with E-state index in [4.69, 9.17) is 4.74 Å². The van der Waals surface area contributed by atoms with Gasteiger partial charge in [0.25, 0.3) is 11.5 Å². The molecular formula is C39H42F2N6O4. The van der Waals surface area contributed by atoms with E-state index < -0.39 is 23.1 Å². The fourth-order valence-corrected chi connectivity index (χ4v) is 7.94. The highest BCUT2D eigenvalue weighted by molar-refractivity contribution is 6.04. The lowest BCUT2D eigenvalue weighted by atomic mass is 9.91. The molecule has 3 aliphatic rings. The second-order valence-electron chi connectivity index (χ2n) is 13.9. The normalized spacial score (nSPS) is 20.6. The van der Waals surface area contributed by atoms with E-state index in [9.17, 15) is 18.8 Å². The van der Waals surface area contributed by atoms with Crippen molar-refractivity contribution in [2.24, 2.45) is 17.8 Å². The van der Waals surface area contributed by atoms with Crippen molar-refractivity contribution in [2.45, 2.75) is 51.5 Å². The van der Waals surface area contributed by atoms with Gasteiger partial charge in [-0.3, -0.25) is 19.5 Å². The average Bonchev–Trinajstić information content (AvgIpc) is 3.71. The molecule has 2 aromatic heterocycles. The van der Waals surface area contributed by atoms with Crippen LogP contribution in [0.5, 0.6) is 11.5 Å². The third-order valence-electron chi connectivity index (χ3n) is 10.6. The van der Waals surface area contributed by atoms with Crippen molar-refractivity contribution in [2.75, 3.05) is 36.8 Å². The van der Waals surface area contributed by atoms with Crippen molar-refractivity contribution in [3.8, 4) is 17.2 Å². The van der Waals surface area contributed by atoms with Gasteiger partial charge in [0.1, 0.15) is 22.9 Å². The molecule has 2 N–H and O–H groups in total. The summed E-state index contributed by atoms with van der Waals surface area (Å²) in [6.07, 6.45) is 10.5. The predicted octanol–water partition coefficient (Wildman–Crippen LogP) is 7.31. The second kappa shape index (κ2) is 15.0. The second-order valence-corrected chi connectivity index (χ2v) is 13.9. The van der Waals surface area contributed by atoms with Gasteiger partial charge in [0.15, 0.2) is 11.6 Å². The molecule has 0 bridgehead atoms. The number of ether oxygens (including phenoxy) is 1. The Hall–Kier alpha value is -5.10. The zero-order valence-corrected chi connectivity index (χ0v) is 28.6. The smallest absolute Gasteiger partial charge is 0.323 e. The average molecular weight is 697 g/mol. The fraction of sp³-hybridized carbons (Fsp3) is 0.385. The summed E-state index contributed by atoms with van der Waals surface area (Å²) < 4.78 is 35.5. The third-order valence-corrected chi connectivity index (χ3v) is 10.6. The monoisotopic (exact) mass is 696 g/mol. The van der Waals surface area contributed by atoms with Crippen LogP contribution in [-0.4, -0.2) is 63.5 Å². The topological polar surface area (TPSA) is 109 Å². The first-order valence-electron chi connectivity index (χ1n) is 17.8. The number of pyridine rings is 2. The summed E-state index contributed by atoms with van der Waals surface area (Å²) in [5.41, 5.74) is -0.282. The highest BCUT2D eigenvalue weighted by Gasteiger charge is 2.44. The lowest BCUT2D eigenvalue weighted by molar-refractivity contribution is 0.102. The number of halogens is 2. The lowest BCUT2D eigenvalue weighted by Gasteiger charge is -2.36. The Balaban J connectivity index is 0.920. The van der Waals surface area contributed by atoms with Crippen molar-refractivity contribution >= 4 is 23.4 Å². The number of urea groups is 1.